The van der Waals surface area contributed by atoms with Gasteiger partial charge in [-0.1, -0.05) is 6.92 Å². The molecule has 88 valence electrons. The van der Waals surface area contributed by atoms with Gasteiger partial charge < -0.3 is 4.74 Å². The maximum Gasteiger partial charge on any atom is 0.163 e. The van der Waals surface area contributed by atoms with E-state index in [1.54, 1.807) is 0 Å². The maximum absolute atomic E-state index is 13.0. The molecule has 1 aromatic carbocycles. The predicted molar refractivity (Wildman–Crippen MR) is 61.4 cm³/mol. The highest BCUT2D eigenvalue weighted by atomic mass is 19.1. The molecule has 0 saturated heterocycles. The van der Waals surface area contributed by atoms with E-state index in [1.807, 2.05) is 20.8 Å². The van der Waals surface area contributed by atoms with Gasteiger partial charge in [-0.3, -0.25) is 4.79 Å². The van der Waals surface area contributed by atoms with Gasteiger partial charge >= 0.3 is 0 Å². The number of halogens is 1. The zero-order valence-electron chi connectivity index (χ0n) is 10.1. The Hall–Kier alpha value is -1.38. The summed E-state index contributed by atoms with van der Waals surface area (Å²) in [6.07, 6.45) is 0.807. The van der Waals surface area contributed by atoms with Crippen molar-refractivity contribution in [1.29, 1.82) is 0 Å². The minimum atomic E-state index is -0.424. The van der Waals surface area contributed by atoms with E-state index in [4.69, 9.17) is 4.74 Å². The van der Waals surface area contributed by atoms with Gasteiger partial charge in [0.1, 0.15) is 17.2 Å². The summed E-state index contributed by atoms with van der Waals surface area (Å²) in [6, 6.07) is 4.01. The lowest BCUT2D eigenvalue weighted by atomic mass is 10.1. The lowest BCUT2D eigenvalue weighted by Crippen LogP contribution is -2.27. The largest absolute Gasteiger partial charge is 0.487 e. The molecule has 0 spiro atoms. The lowest BCUT2D eigenvalue weighted by Gasteiger charge is -2.26. The quantitative estimate of drug-likeness (QED) is 0.730. The molecule has 2 nitrogen and oxygen atoms in total. The Balaban J connectivity index is 3.09. The fraction of sp³-hybridized carbons (Fsp3) is 0.462. The third kappa shape index (κ3) is 3.05. The molecule has 0 aliphatic heterocycles. The molecule has 1 rings (SSSR count). The van der Waals surface area contributed by atoms with Crippen LogP contribution in [0.1, 0.15) is 44.5 Å². The Morgan fingerprint density at radius 3 is 2.56 bits per heavy atom. The standard InChI is InChI=1S/C13H17FO2/c1-5-13(3,4)16-12-7-6-10(14)8-11(12)9(2)15/h6-8H,5H2,1-4H3. The van der Waals surface area contributed by atoms with E-state index < -0.39 is 5.82 Å². The predicted octanol–water partition coefficient (Wildman–Crippen LogP) is 3.60. The van der Waals surface area contributed by atoms with Crippen molar-refractivity contribution in [3.8, 4) is 5.75 Å². The first-order valence-electron chi connectivity index (χ1n) is 5.35. The molecule has 0 aliphatic carbocycles. The summed E-state index contributed by atoms with van der Waals surface area (Å²) >= 11 is 0. The van der Waals surface area contributed by atoms with Gasteiger partial charge in [0.25, 0.3) is 0 Å². The van der Waals surface area contributed by atoms with Crippen LogP contribution in [-0.4, -0.2) is 11.4 Å². The van der Waals surface area contributed by atoms with E-state index >= 15 is 0 Å². The molecule has 16 heavy (non-hydrogen) atoms. The molecule has 1 aromatic rings. The molecule has 0 bridgehead atoms. The molecule has 0 amide bonds. The summed E-state index contributed by atoms with van der Waals surface area (Å²) in [6.45, 7) is 7.26. The van der Waals surface area contributed by atoms with E-state index in [2.05, 4.69) is 0 Å². The fourth-order valence-electron chi connectivity index (χ4n) is 1.24. The summed E-state index contributed by atoms with van der Waals surface area (Å²) in [4.78, 5) is 11.3. The topological polar surface area (TPSA) is 26.3 Å². The zero-order valence-corrected chi connectivity index (χ0v) is 10.1. The van der Waals surface area contributed by atoms with E-state index in [0.717, 1.165) is 6.42 Å². The number of ether oxygens (including phenoxy) is 1. The molecule has 0 heterocycles. The van der Waals surface area contributed by atoms with Crippen LogP contribution in [0.15, 0.2) is 18.2 Å². The smallest absolute Gasteiger partial charge is 0.163 e. The number of carbonyl (C=O) groups is 1. The maximum atomic E-state index is 13.0. The average Bonchev–Trinajstić information content (AvgIpc) is 2.20. The SMILES string of the molecule is CCC(C)(C)Oc1ccc(F)cc1C(C)=O. The van der Waals surface area contributed by atoms with Gasteiger partial charge in [0.15, 0.2) is 5.78 Å². The first-order valence-corrected chi connectivity index (χ1v) is 5.35. The van der Waals surface area contributed by atoms with Crippen molar-refractivity contribution in [2.24, 2.45) is 0 Å². The monoisotopic (exact) mass is 224 g/mol. The van der Waals surface area contributed by atoms with Gasteiger partial charge in [0.2, 0.25) is 0 Å². The van der Waals surface area contributed by atoms with Crippen LogP contribution in [0.4, 0.5) is 4.39 Å². The number of hydrogen-bond donors (Lipinski definition) is 0. The van der Waals surface area contributed by atoms with Crippen LogP contribution in [0.3, 0.4) is 0 Å². The first kappa shape index (κ1) is 12.7. The zero-order chi connectivity index (χ0) is 12.3. The molecule has 0 saturated carbocycles. The van der Waals surface area contributed by atoms with Crippen molar-refractivity contribution in [2.75, 3.05) is 0 Å². The van der Waals surface area contributed by atoms with Crippen LogP contribution in [0.5, 0.6) is 5.75 Å². The molecule has 0 radical (unpaired) electrons. The Kier molecular flexibility index (Phi) is 3.68. The number of hydrogen-bond acceptors (Lipinski definition) is 2. The summed E-state index contributed by atoms with van der Waals surface area (Å²) in [5.41, 5.74) is -0.0660. The fourth-order valence-corrected chi connectivity index (χ4v) is 1.24. The summed E-state index contributed by atoms with van der Waals surface area (Å²) in [5.74, 6) is -0.172. The molecule has 0 N–H and O–H groups in total. The van der Waals surface area contributed by atoms with Crippen molar-refractivity contribution >= 4 is 5.78 Å². The van der Waals surface area contributed by atoms with Crippen molar-refractivity contribution in [3.05, 3.63) is 29.6 Å². The van der Waals surface area contributed by atoms with E-state index in [1.165, 1.54) is 25.1 Å². The molecule has 0 fully saturated rings. The van der Waals surface area contributed by atoms with Gasteiger partial charge in [-0.05, 0) is 45.4 Å². The Bertz CT molecular complexity index is 397. The summed E-state index contributed by atoms with van der Waals surface area (Å²) < 4.78 is 18.7. The number of benzene rings is 1. The van der Waals surface area contributed by atoms with Crippen molar-refractivity contribution < 1.29 is 13.9 Å². The van der Waals surface area contributed by atoms with E-state index in [0.29, 0.717) is 11.3 Å². The Morgan fingerprint density at radius 1 is 1.44 bits per heavy atom. The van der Waals surface area contributed by atoms with Crippen molar-refractivity contribution in [1.82, 2.24) is 0 Å². The Morgan fingerprint density at radius 2 is 2.06 bits per heavy atom. The first-order chi connectivity index (χ1) is 7.35. The van der Waals surface area contributed by atoms with Gasteiger partial charge in [-0.25, -0.2) is 4.39 Å². The second kappa shape index (κ2) is 4.64. The van der Waals surface area contributed by atoms with Gasteiger partial charge in [0, 0.05) is 0 Å². The van der Waals surface area contributed by atoms with Crippen LogP contribution < -0.4 is 4.74 Å². The summed E-state index contributed by atoms with van der Waals surface area (Å²) in [7, 11) is 0. The number of Topliss-reactive ketones (excluding diaryl/α,β-unsaturated/α-hetero) is 1. The third-order valence-corrected chi connectivity index (χ3v) is 2.56. The molecular formula is C13H17FO2. The van der Waals surface area contributed by atoms with E-state index in [9.17, 15) is 9.18 Å². The van der Waals surface area contributed by atoms with Crippen LogP contribution >= 0.6 is 0 Å². The van der Waals surface area contributed by atoms with Gasteiger partial charge in [-0.2, -0.15) is 0 Å². The second-order valence-corrected chi connectivity index (χ2v) is 4.41. The molecule has 0 aromatic heterocycles. The lowest BCUT2D eigenvalue weighted by molar-refractivity contribution is 0.0945. The number of ketones is 1. The Labute approximate surface area is 95.4 Å². The minimum Gasteiger partial charge on any atom is -0.487 e. The van der Waals surface area contributed by atoms with Crippen LogP contribution in [-0.2, 0) is 0 Å². The van der Waals surface area contributed by atoms with E-state index in [-0.39, 0.29) is 11.4 Å². The highest BCUT2D eigenvalue weighted by molar-refractivity contribution is 5.96. The third-order valence-electron chi connectivity index (χ3n) is 2.56. The second-order valence-electron chi connectivity index (χ2n) is 4.41. The highest BCUT2D eigenvalue weighted by Crippen LogP contribution is 2.26. The van der Waals surface area contributed by atoms with Crippen LogP contribution in [0.25, 0.3) is 0 Å². The van der Waals surface area contributed by atoms with Gasteiger partial charge in [-0.15, -0.1) is 0 Å². The van der Waals surface area contributed by atoms with Crippen LogP contribution in [0.2, 0.25) is 0 Å². The minimum absolute atomic E-state index is 0.193. The summed E-state index contributed by atoms with van der Waals surface area (Å²) in [5, 5.41) is 0. The number of rotatable bonds is 4. The molecule has 3 heteroatoms. The average molecular weight is 224 g/mol. The highest BCUT2D eigenvalue weighted by Gasteiger charge is 2.20. The van der Waals surface area contributed by atoms with Crippen LogP contribution in [0, 0.1) is 5.82 Å². The molecular weight excluding hydrogens is 207 g/mol. The number of carbonyl (C=O) groups excluding carboxylic acids is 1. The normalized spacial score (nSPS) is 11.3. The van der Waals surface area contributed by atoms with Crippen molar-refractivity contribution in [2.45, 2.75) is 39.7 Å². The van der Waals surface area contributed by atoms with Gasteiger partial charge in [0.05, 0.1) is 5.56 Å². The molecule has 0 aliphatic rings. The molecule has 0 unspecified atom stereocenters. The van der Waals surface area contributed by atoms with Crippen molar-refractivity contribution in [3.63, 3.8) is 0 Å². The molecule has 0 atom stereocenters.